The molecule has 1 unspecified atom stereocenters. The number of aliphatic hydroxyl groups excluding tert-OH is 1. The Labute approximate surface area is 103 Å². The average Bonchev–Trinajstić information content (AvgIpc) is 2.32. The predicted octanol–water partition coefficient (Wildman–Crippen LogP) is 1.71. The molecule has 0 aliphatic heterocycles. The van der Waals surface area contributed by atoms with Crippen molar-refractivity contribution < 1.29 is 5.11 Å². The summed E-state index contributed by atoms with van der Waals surface area (Å²) in [6.45, 7) is 6.14. The van der Waals surface area contributed by atoms with E-state index in [9.17, 15) is 0 Å². The molecular weight excluding hydrogens is 216 g/mol. The van der Waals surface area contributed by atoms with Crippen molar-refractivity contribution in [3.63, 3.8) is 0 Å². The summed E-state index contributed by atoms with van der Waals surface area (Å²) in [7, 11) is 1.85. The van der Waals surface area contributed by atoms with Gasteiger partial charge in [0.1, 0.15) is 17.5 Å². The summed E-state index contributed by atoms with van der Waals surface area (Å²) in [4.78, 5) is 8.73. The highest BCUT2D eigenvalue weighted by molar-refractivity contribution is 5.57. The van der Waals surface area contributed by atoms with E-state index < -0.39 is 0 Å². The number of nitrogens with zero attached hydrogens (tertiary/aromatic N) is 2. The van der Waals surface area contributed by atoms with Crippen molar-refractivity contribution in [1.29, 1.82) is 0 Å². The molecule has 0 aromatic carbocycles. The number of anilines is 2. The number of aryl methyl sites for hydroxylation is 1. The van der Waals surface area contributed by atoms with Crippen molar-refractivity contribution in [2.45, 2.75) is 39.7 Å². The molecule has 96 valence electrons. The van der Waals surface area contributed by atoms with Gasteiger partial charge in [-0.3, -0.25) is 0 Å². The Balaban J connectivity index is 2.92. The zero-order valence-corrected chi connectivity index (χ0v) is 11.0. The third-order valence-electron chi connectivity index (χ3n) is 2.81. The molecule has 0 fully saturated rings. The fourth-order valence-corrected chi connectivity index (χ4v) is 1.74. The van der Waals surface area contributed by atoms with E-state index in [2.05, 4.69) is 27.5 Å². The van der Waals surface area contributed by atoms with Gasteiger partial charge >= 0.3 is 0 Å². The Hall–Kier alpha value is -1.36. The monoisotopic (exact) mass is 238 g/mol. The molecule has 0 amide bonds. The van der Waals surface area contributed by atoms with Gasteiger partial charge in [-0.05, 0) is 26.7 Å². The third-order valence-corrected chi connectivity index (χ3v) is 2.81. The molecule has 5 nitrogen and oxygen atoms in total. The largest absolute Gasteiger partial charge is 0.396 e. The highest BCUT2D eigenvalue weighted by atomic mass is 16.3. The second kappa shape index (κ2) is 6.39. The van der Waals surface area contributed by atoms with Gasteiger partial charge in [0.05, 0.1) is 0 Å². The van der Waals surface area contributed by atoms with E-state index in [0.29, 0.717) is 0 Å². The van der Waals surface area contributed by atoms with Crippen LogP contribution in [-0.2, 0) is 0 Å². The summed E-state index contributed by atoms with van der Waals surface area (Å²) in [6, 6.07) is 0.248. The first kappa shape index (κ1) is 13.7. The smallest absolute Gasteiger partial charge is 0.134 e. The summed E-state index contributed by atoms with van der Waals surface area (Å²) in [5.41, 5.74) is 1.01. The molecule has 17 heavy (non-hydrogen) atoms. The first-order valence-electron chi connectivity index (χ1n) is 6.02. The normalized spacial score (nSPS) is 12.3. The molecule has 1 heterocycles. The lowest BCUT2D eigenvalue weighted by molar-refractivity contribution is 0.278. The van der Waals surface area contributed by atoms with Gasteiger partial charge in [0.2, 0.25) is 0 Å². The zero-order valence-electron chi connectivity index (χ0n) is 11.0. The van der Waals surface area contributed by atoms with E-state index in [0.717, 1.165) is 35.9 Å². The number of nitrogens with one attached hydrogen (secondary N) is 2. The minimum absolute atomic E-state index is 0.188. The lowest BCUT2D eigenvalue weighted by atomic mass is 10.1. The Morgan fingerprint density at radius 1 is 1.24 bits per heavy atom. The van der Waals surface area contributed by atoms with Crippen molar-refractivity contribution in [2.75, 3.05) is 24.3 Å². The first-order chi connectivity index (χ1) is 8.12. The van der Waals surface area contributed by atoms with E-state index in [1.807, 2.05) is 20.9 Å². The van der Waals surface area contributed by atoms with E-state index in [-0.39, 0.29) is 12.6 Å². The standard InChI is InChI=1S/C12H22N4O/c1-5-10(6-7-17)16-12-8(2)11(13-4)14-9(3)15-12/h10,17H,5-7H2,1-4H3,(H2,13,14,15,16). The van der Waals surface area contributed by atoms with Gasteiger partial charge in [0.15, 0.2) is 0 Å². The van der Waals surface area contributed by atoms with Crippen LogP contribution in [0.5, 0.6) is 0 Å². The molecule has 0 spiro atoms. The van der Waals surface area contributed by atoms with Gasteiger partial charge < -0.3 is 15.7 Å². The molecule has 1 atom stereocenters. The fourth-order valence-electron chi connectivity index (χ4n) is 1.74. The van der Waals surface area contributed by atoms with Crippen LogP contribution in [0, 0.1) is 13.8 Å². The van der Waals surface area contributed by atoms with Gasteiger partial charge in [-0.1, -0.05) is 6.92 Å². The number of hydrogen-bond donors (Lipinski definition) is 3. The van der Waals surface area contributed by atoms with Crippen LogP contribution in [0.25, 0.3) is 0 Å². The van der Waals surface area contributed by atoms with Gasteiger partial charge in [0, 0.05) is 25.3 Å². The molecule has 5 heteroatoms. The number of rotatable bonds is 6. The molecule has 1 aromatic heterocycles. The van der Waals surface area contributed by atoms with Crippen LogP contribution in [0.1, 0.15) is 31.2 Å². The summed E-state index contributed by atoms with van der Waals surface area (Å²) in [6.07, 6.45) is 1.69. The topological polar surface area (TPSA) is 70.1 Å². The summed E-state index contributed by atoms with van der Waals surface area (Å²) in [5, 5.41) is 15.4. The van der Waals surface area contributed by atoms with E-state index in [1.165, 1.54) is 0 Å². The predicted molar refractivity (Wildman–Crippen MR) is 70.5 cm³/mol. The molecule has 3 N–H and O–H groups in total. The second-order valence-electron chi connectivity index (χ2n) is 4.10. The lowest BCUT2D eigenvalue weighted by Crippen LogP contribution is -2.22. The minimum atomic E-state index is 0.188. The maximum Gasteiger partial charge on any atom is 0.134 e. The third kappa shape index (κ3) is 3.56. The van der Waals surface area contributed by atoms with E-state index in [1.54, 1.807) is 0 Å². The fraction of sp³-hybridized carbons (Fsp3) is 0.667. The van der Waals surface area contributed by atoms with Crippen molar-refractivity contribution in [2.24, 2.45) is 0 Å². The molecule has 1 aromatic rings. The van der Waals surface area contributed by atoms with Crippen molar-refractivity contribution >= 4 is 11.6 Å². The van der Waals surface area contributed by atoms with E-state index in [4.69, 9.17) is 5.11 Å². The summed E-state index contributed by atoms with van der Waals surface area (Å²) in [5.74, 6) is 2.43. The van der Waals surface area contributed by atoms with Crippen molar-refractivity contribution in [3.8, 4) is 0 Å². The second-order valence-corrected chi connectivity index (χ2v) is 4.10. The molecule has 0 radical (unpaired) electrons. The Kier molecular flexibility index (Phi) is 5.15. The van der Waals surface area contributed by atoms with Gasteiger partial charge in [-0.25, -0.2) is 9.97 Å². The van der Waals surface area contributed by atoms with E-state index >= 15 is 0 Å². The van der Waals surface area contributed by atoms with Crippen molar-refractivity contribution in [1.82, 2.24) is 9.97 Å². The quantitative estimate of drug-likeness (QED) is 0.704. The van der Waals surface area contributed by atoms with Crippen LogP contribution in [0.4, 0.5) is 11.6 Å². The highest BCUT2D eigenvalue weighted by Crippen LogP contribution is 2.20. The number of hydrogen-bond acceptors (Lipinski definition) is 5. The Morgan fingerprint density at radius 3 is 2.41 bits per heavy atom. The SMILES string of the molecule is CCC(CCO)Nc1nc(C)nc(NC)c1C. The molecule has 0 aliphatic carbocycles. The summed E-state index contributed by atoms with van der Waals surface area (Å²) >= 11 is 0. The number of aromatic nitrogens is 2. The van der Waals surface area contributed by atoms with Gasteiger partial charge in [0.25, 0.3) is 0 Å². The minimum Gasteiger partial charge on any atom is -0.396 e. The molecule has 0 saturated heterocycles. The first-order valence-corrected chi connectivity index (χ1v) is 6.02. The van der Waals surface area contributed by atoms with Crippen LogP contribution in [0.15, 0.2) is 0 Å². The Bertz CT molecular complexity index is 368. The summed E-state index contributed by atoms with van der Waals surface area (Å²) < 4.78 is 0. The van der Waals surface area contributed by atoms with Crippen LogP contribution in [0.2, 0.25) is 0 Å². The molecule has 0 aliphatic rings. The lowest BCUT2D eigenvalue weighted by Gasteiger charge is -2.19. The van der Waals surface area contributed by atoms with Crippen LogP contribution in [-0.4, -0.2) is 34.8 Å². The van der Waals surface area contributed by atoms with Crippen molar-refractivity contribution in [3.05, 3.63) is 11.4 Å². The molecule has 1 rings (SSSR count). The Morgan fingerprint density at radius 2 is 1.88 bits per heavy atom. The van der Waals surface area contributed by atoms with Gasteiger partial charge in [-0.15, -0.1) is 0 Å². The molecule has 0 bridgehead atoms. The van der Waals surface area contributed by atoms with Gasteiger partial charge in [-0.2, -0.15) is 0 Å². The molecular formula is C12H22N4O. The van der Waals surface area contributed by atoms with Crippen LogP contribution < -0.4 is 10.6 Å². The van der Waals surface area contributed by atoms with Crippen LogP contribution in [0.3, 0.4) is 0 Å². The molecule has 0 saturated carbocycles. The number of aliphatic hydroxyl groups is 1. The van der Waals surface area contributed by atoms with Crippen LogP contribution >= 0.6 is 0 Å². The zero-order chi connectivity index (χ0) is 12.8. The highest BCUT2D eigenvalue weighted by Gasteiger charge is 2.11. The average molecular weight is 238 g/mol. The maximum atomic E-state index is 8.99. The maximum absolute atomic E-state index is 8.99.